The van der Waals surface area contributed by atoms with E-state index in [1.54, 1.807) is 11.3 Å². The number of para-hydroxylation sites is 1. The van der Waals surface area contributed by atoms with Gasteiger partial charge < -0.3 is 10.2 Å². The van der Waals surface area contributed by atoms with Crippen LogP contribution in [0.4, 0.5) is 17.1 Å². The molecule has 0 saturated carbocycles. The highest BCUT2D eigenvalue weighted by molar-refractivity contribution is 7.10. The van der Waals surface area contributed by atoms with E-state index in [1.165, 1.54) is 0 Å². The molecule has 0 bridgehead atoms. The summed E-state index contributed by atoms with van der Waals surface area (Å²) in [5.41, 5.74) is 3.10. The summed E-state index contributed by atoms with van der Waals surface area (Å²) >= 11 is 1.60. The SMILES string of the molecule is CCN(c1ccccc1)c1ccc(NC(=O)Cc2cccs2)cc1. The molecule has 2 aromatic carbocycles. The van der Waals surface area contributed by atoms with Gasteiger partial charge in [0.05, 0.1) is 6.42 Å². The van der Waals surface area contributed by atoms with E-state index in [0.29, 0.717) is 6.42 Å². The normalized spacial score (nSPS) is 10.4. The van der Waals surface area contributed by atoms with E-state index in [2.05, 4.69) is 29.3 Å². The fraction of sp³-hybridized carbons (Fsp3) is 0.150. The number of hydrogen-bond donors (Lipinski definition) is 1. The van der Waals surface area contributed by atoms with Crippen molar-refractivity contribution in [3.63, 3.8) is 0 Å². The molecule has 3 aromatic rings. The third kappa shape index (κ3) is 4.03. The van der Waals surface area contributed by atoms with Gasteiger partial charge in [-0.25, -0.2) is 0 Å². The molecular formula is C20H20N2OS. The van der Waals surface area contributed by atoms with Crippen LogP contribution in [0.25, 0.3) is 0 Å². The maximum absolute atomic E-state index is 12.1. The second-order valence-corrected chi connectivity index (χ2v) is 6.46. The Labute approximate surface area is 146 Å². The first-order chi connectivity index (χ1) is 11.8. The summed E-state index contributed by atoms with van der Waals surface area (Å²) in [6.07, 6.45) is 0.421. The first kappa shape index (κ1) is 16.3. The molecule has 0 atom stereocenters. The molecule has 0 spiro atoms. The topological polar surface area (TPSA) is 32.3 Å². The molecule has 3 rings (SSSR count). The number of benzene rings is 2. The van der Waals surface area contributed by atoms with E-state index in [-0.39, 0.29) is 5.91 Å². The Bertz CT molecular complexity index is 767. The summed E-state index contributed by atoms with van der Waals surface area (Å²) in [6, 6.07) is 22.2. The number of hydrogen-bond acceptors (Lipinski definition) is 3. The molecule has 0 fully saturated rings. The van der Waals surface area contributed by atoms with Crippen LogP contribution in [0.3, 0.4) is 0 Å². The standard InChI is InChI=1S/C20H20N2OS/c1-2-22(17-7-4-3-5-8-17)18-12-10-16(11-13-18)21-20(23)15-19-9-6-14-24-19/h3-14H,2,15H2,1H3,(H,21,23). The third-order valence-corrected chi connectivity index (χ3v) is 4.64. The van der Waals surface area contributed by atoms with Gasteiger partial charge in [-0.3, -0.25) is 4.79 Å². The maximum Gasteiger partial charge on any atom is 0.229 e. The zero-order valence-electron chi connectivity index (χ0n) is 13.6. The van der Waals surface area contributed by atoms with Crippen LogP contribution in [0, 0.1) is 0 Å². The largest absolute Gasteiger partial charge is 0.342 e. The molecule has 1 N–H and O–H groups in total. The first-order valence-corrected chi connectivity index (χ1v) is 8.89. The molecule has 0 aliphatic carbocycles. The molecule has 0 unspecified atom stereocenters. The smallest absolute Gasteiger partial charge is 0.229 e. The molecule has 0 aliphatic rings. The average Bonchev–Trinajstić information content (AvgIpc) is 3.11. The van der Waals surface area contributed by atoms with Crippen molar-refractivity contribution in [2.75, 3.05) is 16.8 Å². The molecule has 24 heavy (non-hydrogen) atoms. The van der Waals surface area contributed by atoms with Gasteiger partial charge in [0.25, 0.3) is 0 Å². The van der Waals surface area contributed by atoms with Gasteiger partial charge in [0, 0.05) is 28.5 Å². The Hall–Kier alpha value is -2.59. The number of nitrogens with zero attached hydrogens (tertiary/aromatic N) is 1. The van der Waals surface area contributed by atoms with Crippen LogP contribution in [-0.2, 0) is 11.2 Å². The highest BCUT2D eigenvalue weighted by Gasteiger charge is 2.08. The van der Waals surface area contributed by atoms with E-state index >= 15 is 0 Å². The molecule has 1 heterocycles. The second-order valence-electron chi connectivity index (χ2n) is 5.43. The zero-order valence-corrected chi connectivity index (χ0v) is 14.4. The summed E-state index contributed by atoms with van der Waals surface area (Å²) in [5.74, 6) is 0.0145. The quantitative estimate of drug-likeness (QED) is 0.680. The van der Waals surface area contributed by atoms with Gasteiger partial charge in [0.1, 0.15) is 0 Å². The molecule has 122 valence electrons. The zero-order chi connectivity index (χ0) is 16.8. The van der Waals surface area contributed by atoms with Gasteiger partial charge in [0.2, 0.25) is 5.91 Å². The summed E-state index contributed by atoms with van der Waals surface area (Å²) in [5, 5.41) is 4.94. The second kappa shape index (κ2) is 7.79. The van der Waals surface area contributed by atoms with Gasteiger partial charge in [0.15, 0.2) is 0 Å². The minimum Gasteiger partial charge on any atom is -0.342 e. The monoisotopic (exact) mass is 336 g/mol. The molecule has 0 saturated heterocycles. The minimum absolute atomic E-state index is 0.0145. The van der Waals surface area contributed by atoms with Crippen LogP contribution in [-0.4, -0.2) is 12.5 Å². The van der Waals surface area contributed by atoms with Gasteiger partial charge in [-0.2, -0.15) is 0 Å². The Balaban J connectivity index is 1.67. The summed E-state index contributed by atoms with van der Waals surface area (Å²) in [6.45, 7) is 3.01. The van der Waals surface area contributed by atoms with Gasteiger partial charge >= 0.3 is 0 Å². The highest BCUT2D eigenvalue weighted by Crippen LogP contribution is 2.26. The predicted molar refractivity (Wildman–Crippen MR) is 102 cm³/mol. The highest BCUT2D eigenvalue weighted by atomic mass is 32.1. The van der Waals surface area contributed by atoms with Crippen LogP contribution in [0.15, 0.2) is 72.1 Å². The van der Waals surface area contributed by atoms with Crippen LogP contribution in [0.5, 0.6) is 0 Å². The van der Waals surface area contributed by atoms with Crippen LogP contribution in [0.1, 0.15) is 11.8 Å². The van der Waals surface area contributed by atoms with Crippen molar-refractivity contribution in [2.45, 2.75) is 13.3 Å². The van der Waals surface area contributed by atoms with Crippen molar-refractivity contribution in [1.82, 2.24) is 0 Å². The van der Waals surface area contributed by atoms with E-state index in [4.69, 9.17) is 0 Å². The number of thiophene rings is 1. The summed E-state index contributed by atoms with van der Waals surface area (Å²) < 4.78 is 0. The Morgan fingerprint density at radius 1 is 0.958 bits per heavy atom. The third-order valence-electron chi connectivity index (χ3n) is 3.76. The Morgan fingerprint density at radius 2 is 1.67 bits per heavy atom. The van der Waals surface area contributed by atoms with Crippen molar-refractivity contribution in [2.24, 2.45) is 0 Å². The van der Waals surface area contributed by atoms with Crippen molar-refractivity contribution in [3.05, 3.63) is 77.0 Å². The lowest BCUT2D eigenvalue weighted by molar-refractivity contribution is -0.115. The van der Waals surface area contributed by atoms with E-state index in [0.717, 1.165) is 28.5 Å². The van der Waals surface area contributed by atoms with Gasteiger partial charge in [-0.15, -0.1) is 11.3 Å². The number of carbonyl (C=O) groups excluding carboxylic acids is 1. The minimum atomic E-state index is 0.0145. The number of amides is 1. The Kier molecular flexibility index (Phi) is 5.29. The number of anilines is 3. The van der Waals surface area contributed by atoms with E-state index in [9.17, 15) is 4.79 Å². The fourth-order valence-electron chi connectivity index (χ4n) is 2.62. The lowest BCUT2D eigenvalue weighted by Crippen LogP contribution is -2.16. The predicted octanol–water partition coefficient (Wildman–Crippen LogP) is 5.09. The van der Waals surface area contributed by atoms with Crippen LogP contribution in [0.2, 0.25) is 0 Å². The number of nitrogens with one attached hydrogen (secondary N) is 1. The fourth-order valence-corrected chi connectivity index (χ4v) is 3.33. The van der Waals surface area contributed by atoms with Crippen molar-refractivity contribution in [1.29, 1.82) is 0 Å². The van der Waals surface area contributed by atoms with E-state index in [1.807, 2.05) is 60.0 Å². The molecule has 1 aromatic heterocycles. The number of carbonyl (C=O) groups is 1. The lowest BCUT2D eigenvalue weighted by Gasteiger charge is -2.23. The molecule has 0 radical (unpaired) electrons. The molecule has 1 amide bonds. The van der Waals surface area contributed by atoms with Gasteiger partial charge in [-0.05, 0) is 54.8 Å². The van der Waals surface area contributed by atoms with Crippen molar-refractivity contribution < 1.29 is 4.79 Å². The van der Waals surface area contributed by atoms with E-state index < -0.39 is 0 Å². The van der Waals surface area contributed by atoms with Crippen molar-refractivity contribution >= 4 is 34.3 Å². The Morgan fingerprint density at radius 3 is 2.29 bits per heavy atom. The first-order valence-electron chi connectivity index (χ1n) is 8.01. The van der Waals surface area contributed by atoms with Crippen molar-refractivity contribution in [3.8, 4) is 0 Å². The maximum atomic E-state index is 12.1. The summed E-state index contributed by atoms with van der Waals surface area (Å²) in [7, 11) is 0. The van der Waals surface area contributed by atoms with Crippen LogP contribution >= 0.6 is 11.3 Å². The summed E-state index contributed by atoms with van der Waals surface area (Å²) in [4.78, 5) is 15.4. The number of rotatable bonds is 6. The van der Waals surface area contributed by atoms with Crippen LogP contribution < -0.4 is 10.2 Å². The average molecular weight is 336 g/mol. The van der Waals surface area contributed by atoms with Gasteiger partial charge in [-0.1, -0.05) is 24.3 Å². The molecule has 3 nitrogen and oxygen atoms in total. The molecular weight excluding hydrogens is 316 g/mol. The molecule has 4 heteroatoms. The molecule has 0 aliphatic heterocycles. The lowest BCUT2D eigenvalue weighted by atomic mass is 10.2.